The maximum absolute atomic E-state index is 11.7. The summed E-state index contributed by atoms with van der Waals surface area (Å²) >= 11 is 0. The summed E-state index contributed by atoms with van der Waals surface area (Å²) in [4.78, 5) is 0. The van der Waals surface area contributed by atoms with Crippen LogP contribution in [0.1, 0.15) is 19.9 Å². The molecule has 98 valence electrons. The maximum atomic E-state index is 11.7. The first-order valence-electron chi connectivity index (χ1n) is 5.20. The normalized spacial score (nSPS) is 12.1. The number of hydrogen-bond donors (Lipinski definition) is 0. The van der Waals surface area contributed by atoms with Crippen LogP contribution in [0.4, 0.5) is 13.2 Å². The van der Waals surface area contributed by atoms with Gasteiger partial charge in [-0.3, -0.25) is 4.68 Å². The van der Waals surface area contributed by atoms with Crippen LogP contribution in [0.2, 0.25) is 0 Å². The van der Waals surface area contributed by atoms with E-state index in [4.69, 9.17) is 4.74 Å². The second-order valence-corrected chi connectivity index (χ2v) is 3.77. The minimum atomic E-state index is -4.29. The van der Waals surface area contributed by atoms with E-state index in [1.54, 1.807) is 10.9 Å². The van der Waals surface area contributed by atoms with Crippen molar-refractivity contribution in [2.45, 2.75) is 26.1 Å². The van der Waals surface area contributed by atoms with Gasteiger partial charge in [0.25, 0.3) is 0 Å². The number of nitrogens with zero attached hydrogens (tertiary/aromatic N) is 2. The predicted molar refractivity (Wildman–Crippen MR) is 55.0 cm³/mol. The van der Waals surface area contributed by atoms with Gasteiger partial charge in [0, 0.05) is 6.04 Å². The highest BCUT2D eigenvalue weighted by atomic mass is 19.4. The molecule has 0 unspecified atom stereocenters. The Kier molecular flexibility index (Phi) is 4.80. The average Bonchev–Trinajstić information content (AvgIpc) is 2.64. The van der Waals surface area contributed by atoms with Crippen molar-refractivity contribution < 1.29 is 22.6 Å². The fourth-order valence-electron chi connectivity index (χ4n) is 1.08. The standard InChI is InChI=1S/C10H15F3N2O2/c1-8(2)15-6-9(5-14-15)17-4-3-16-7-10(11,12)13/h5-6,8H,3-4,7H2,1-2H3. The highest BCUT2D eigenvalue weighted by Gasteiger charge is 2.27. The molecular formula is C10H15F3N2O2. The van der Waals surface area contributed by atoms with Gasteiger partial charge in [-0.25, -0.2) is 0 Å². The second-order valence-electron chi connectivity index (χ2n) is 3.77. The molecule has 0 bridgehead atoms. The first kappa shape index (κ1) is 13.8. The third kappa shape index (κ3) is 5.58. The monoisotopic (exact) mass is 252 g/mol. The molecule has 7 heteroatoms. The first-order chi connectivity index (χ1) is 7.88. The second kappa shape index (κ2) is 5.90. The van der Waals surface area contributed by atoms with E-state index in [9.17, 15) is 13.2 Å². The van der Waals surface area contributed by atoms with Crippen molar-refractivity contribution in [1.29, 1.82) is 0 Å². The number of alkyl halides is 3. The van der Waals surface area contributed by atoms with Gasteiger partial charge < -0.3 is 9.47 Å². The van der Waals surface area contributed by atoms with Crippen molar-refractivity contribution in [2.24, 2.45) is 0 Å². The van der Waals surface area contributed by atoms with Gasteiger partial charge in [-0.1, -0.05) is 0 Å². The lowest BCUT2D eigenvalue weighted by molar-refractivity contribution is -0.175. The van der Waals surface area contributed by atoms with E-state index in [2.05, 4.69) is 9.84 Å². The Morgan fingerprint density at radius 3 is 2.59 bits per heavy atom. The van der Waals surface area contributed by atoms with Crippen LogP contribution in [0.5, 0.6) is 5.75 Å². The van der Waals surface area contributed by atoms with Crippen LogP contribution in [-0.2, 0) is 4.74 Å². The number of ether oxygens (including phenoxy) is 2. The average molecular weight is 252 g/mol. The molecule has 0 saturated heterocycles. The van der Waals surface area contributed by atoms with Gasteiger partial charge in [-0.2, -0.15) is 18.3 Å². The molecule has 0 atom stereocenters. The molecule has 4 nitrogen and oxygen atoms in total. The number of hydrogen-bond acceptors (Lipinski definition) is 3. The summed E-state index contributed by atoms with van der Waals surface area (Å²) in [6.45, 7) is 2.64. The summed E-state index contributed by atoms with van der Waals surface area (Å²) in [6, 6.07) is 0.217. The number of halogens is 3. The van der Waals surface area contributed by atoms with Crippen LogP contribution in [-0.4, -0.2) is 35.8 Å². The van der Waals surface area contributed by atoms with E-state index >= 15 is 0 Å². The Balaban J connectivity index is 2.18. The topological polar surface area (TPSA) is 36.3 Å². The highest BCUT2D eigenvalue weighted by molar-refractivity contribution is 5.11. The Morgan fingerprint density at radius 2 is 2.06 bits per heavy atom. The molecule has 0 aliphatic rings. The molecule has 0 N–H and O–H groups in total. The van der Waals surface area contributed by atoms with Gasteiger partial charge in [0.2, 0.25) is 0 Å². The fourth-order valence-corrected chi connectivity index (χ4v) is 1.08. The van der Waals surface area contributed by atoms with Gasteiger partial charge in [-0.05, 0) is 13.8 Å². The molecular weight excluding hydrogens is 237 g/mol. The number of aromatic nitrogens is 2. The predicted octanol–water partition coefficient (Wildman–Crippen LogP) is 2.42. The van der Waals surface area contributed by atoms with Crippen molar-refractivity contribution in [3.8, 4) is 5.75 Å². The van der Waals surface area contributed by atoms with Crippen LogP contribution in [0, 0.1) is 0 Å². The fraction of sp³-hybridized carbons (Fsp3) is 0.700. The quantitative estimate of drug-likeness (QED) is 0.729. The third-order valence-electron chi connectivity index (χ3n) is 1.87. The van der Waals surface area contributed by atoms with Crippen molar-refractivity contribution >= 4 is 0 Å². The van der Waals surface area contributed by atoms with E-state index in [0.29, 0.717) is 5.75 Å². The lowest BCUT2D eigenvalue weighted by Crippen LogP contribution is -2.19. The largest absolute Gasteiger partial charge is 0.488 e. The zero-order valence-electron chi connectivity index (χ0n) is 9.70. The van der Waals surface area contributed by atoms with Gasteiger partial charge >= 0.3 is 6.18 Å². The van der Waals surface area contributed by atoms with E-state index in [1.165, 1.54) is 6.20 Å². The molecule has 1 rings (SSSR count). The summed E-state index contributed by atoms with van der Waals surface area (Å²) in [7, 11) is 0. The summed E-state index contributed by atoms with van der Waals surface area (Å²) < 4.78 is 46.4. The van der Waals surface area contributed by atoms with E-state index in [-0.39, 0.29) is 19.3 Å². The van der Waals surface area contributed by atoms with Crippen molar-refractivity contribution in [3.05, 3.63) is 12.4 Å². The molecule has 0 saturated carbocycles. The lowest BCUT2D eigenvalue weighted by atomic mass is 10.4. The minimum absolute atomic E-state index is 0.0693. The molecule has 0 radical (unpaired) electrons. The molecule has 1 heterocycles. The van der Waals surface area contributed by atoms with E-state index in [1.807, 2.05) is 13.8 Å². The number of rotatable bonds is 6. The molecule has 0 aromatic carbocycles. The van der Waals surface area contributed by atoms with Crippen LogP contribution in [0.25, 0.3) is 0 Å². The highest BCUT2D eigenvalue weighted by Crippen LogP contribution is 2.15. The molecule has 0 amide bonds. The summed E-state index contributed by atoms with van der Waals surface area (Å²) in [6.07, 6.45) is -1.08. The molecule has 0 spiro atoms. The molecule has 1 aromatic rings. The van der Waals surface area contributed by atoms with Crippen molar-refractivity contribution in [3.63, 3.8) is 0 Å². The van der Waals surface area contributed by atoms with Crippen molar-refractivity contribution in [2.75, 3.05) is 19.8 Å². The van der Waals surface area contributed by atoms with Gasteiger partial charge in [0.1, 0.15) is 13.2 Å². The molecule has 0 aliphatic carbocycles. The van der Waals surface area contributed by atoms with Gasteiger partial charge in [0.15, 0.2) is 5.75 Å². The van der Waals surface area contributed by atoms with E-state index < -0.39 is 12.8 Å². The van der Waals surface area contributed by atoms with Gasteiger partial charge in [0.05, 0.1) is 19.0 Å². The van der Waals surface area contributed by atoms with E-state index in [0.717, 1.165) is 0 Å². The summed E-state index contributed by atoms with van der Waals surface area (Å²) in [5.41, 5.74) is 0. The SMILES string of the molecule is CC(C)n1cc(OCCOCC(F)(F)F)cn1. The third-order valence-corrected chi connectivity index (χ3v) is 1.87. The van der Waals surface area contributed by atoms with Crippen molar-refractivity contribution in [1.82, 2.24) is 9.78 Å². The van der Waals surface area contributed by atoms with Crippen LogP contribution >= 0.6 is 0 Å². The maximum Gasteiger partial charge on any atom is 0.411 e. The molecule has 0 fully saturated rings. The summed E-state index contributed by atoms with van der Waals surface area (Å²) in [5, 5.41) is 4.02. The summed E-state index contributed by atoms with van der Waals surface area (Å²) in [5.74, 6) is 0.523. The zero-order chi connectivity index (χ0) is 12.9. The molecule has 0 aliphatic heterocycles. The van der Waals surface area contributed by atoms with Crippen LogP contribution in [0.15, 0.2) is 12.4 Å². The van der Waals surface area contributed by atoms with Crippen LogP contribution in [0.3, 0.4) is 0 Å². The Morgan fingerprint density at radius 1 is 1.35 bits per heavy atom. The Bertz CT molecular complexity index is 337. The van der Waals surface area contributed by atoms with Gasteiger partial charge in [-0.15, -0.1) is 0 Å². The van der Waals surface area contributed by atoms with Crippen LogP contribution < -0.4 is 4.74 Å². The Hall–Kier alpha value is -1.24. The smallest absolute Gasteiger partial charge is 0.411 e. The minimum Gasteiger partial charge on any atom is -0.488 e. The first-order valence-corrected chi connectivity index (χ1v) is 5.20. The Labute approximate surface area is 97.3 Å². The lowest BCUT2D eigenvalue weighted by Gasteiger charge is -2.07. The molecule has 17 heavy (non-hydrogen) atoms. The zero-order valence-corrected chi connectivity index (χ0v) is 9.70. The molecule has 1 aromatic heterocycles.